The second kappa shape index (κ2) is 7.79. The van der Waals surface area contributed by atoms with Crippen molar-refractivity contribution in [3.05, 3.63) is 130 Å². The van der Waals surface area contributed by atoms with Crippen LogP contribution in [0.1, 0.15) is 45.2 Å². The Balaban J connectivity index is 1.65. The Labute approximate surface area is 200 Å². The van der Waals surface area contributed by atoms with Gasteiger partial charge in [0.2, 0.25) is 0 Å². The average molecular weight is 509 g/mol. The fraction of sp³-hybridized carbons (Fsp3) is 0.200. The zero-order chi connectivity index (χ0) is 22.0. The quantitative estimate of drug-likeness (QED) is 0.377. The summed E-state index contributed by atoms with van der Waals surface area (Å²) in [6.45, 7) is 9.78. The second-order valence-electron chi connectivity index (χ2n) is 9.85. The molecule has 0 nitrogen and oxygen atoms in total. The summed E-state index contributed by atoms with van der Waals surface area (Å²) in [6, 6.07) is 14.4. The third-order valence-electron chi connectivity index (χ3n) is 7.37. The maximum atomic E-state index is 2.63. The second-order valence-corrected chi connectivity index (χ2v) is 28.6. The Morgan fingerprint density at radius 3 is 1.56 bits per heavy atom. The molecule has 2 aromatic carbocycles. The molecule has 32 heavy (non-hydrogen) atoms. The summed E-state index contributed by atoms with van der Waals surface area (Å²) in [4.78, 5) is 0. The molecule has 0 bridgehead atoms. The number of hydrogen-bond acceptors (Lipinski definition) is 0. The van der Waals surface area contributed by atoms with E-state index < -0.39 is 26.8 Å². The topological polar surface area (TPSA) is 0 Å². The fourth-order valence-electron chi connectivity index (χ4n) is 6.03. The van der Waals surface area contributed by atoms with Gasteiger partial charge in [-0.3, -0.25) is 0 Å². The third-order valence-corrected chi connectivity index (χ3v) is 25.8. The van der Waals surface area contributed by atoms with Crippen molar-refractivity contribution < 1.29 is 20.9 Å². The van der Waals surface area contributed by atoms with Crippen LogP contribution in [0.4, 0.5) is 0 Å². The molecule has 0 N–H and O–H groups in total. The average Bonchev–Trinajstić information content (AvgIpc) is 3.27. The summed E-state index contributed by atoms with van der Waals surface area (Å²) in [5.41, 5.74) is 12.3. The van der Waals surface area contributed by atoms with Gasteiger partial charge in [-0.2, -0.15) is 0 Å². The zero-order valence-corrected chi connectivity index (χ0v) is 22.9. The number of allylic oxidation sites excluding steroid dienone is 10. The van der Waals surface area contributed by atoms with Gasteiger partial charge in [0, 0.05) is 0 Å². The summed E-state index contributed by atoms with van der Waals surface area (Å²) in [5.74, 6) is -0.000789. The molecule has 0 saturated heterocycles. The Hall–Kier alpha value is -2.02. The van der Waals surface area contributed by atoms with Crippen molar-refractivity contribution in [2.45, 2.75) is 38.8 Å². The van der Waals surface area contributed by atoms with Gasteiger partial charge in [-0.25, -0.2) is 0 Å². The number of aryl methyl sites for hydroxylation is 2. The van der Waals surface area contributed by atoms with Crippen LogP contribution in [0.15, 0.2) is 96.2 Å². The first-order chi connectivity index (χ1) is 15.5. The van der Waals surface area contributed by atoms with Gasteiger partial charge in [0.05, 0.1) is 0 Å². The summed E-state index contributed by atoms with van der Waals surface area (Å²) in [7, 11) is 0. The van der Waals surface area contributed by atoms with Crippen LogP contribution in [0.25, 0.3) is 6.56 Å². The Kier molecular flexibility index (Phi) is 5.01. The van der Waals surface area contributed by atoms with E-state index in [4.69, 9.17) is 0 Å². The van der Waals surface area contributed by atoms with Crippen molar-refractivity contribution in [2.75, 3.05) is 0 Å². The van der Waals surface area contributed by atoms with Crippen LogP contribution in [0.2, 0.25) is 13.1 Å². The van der Waals surface area contributed by atoms with Crippen molar-refractivity contribution in [1.29, 1.82) is 0 Å². The first-order valence-corrected chi connectivity index (χ1v) is 21.4. The predicted molar refractivity (Wildman–Crippen MR) is 137 cm³/mol. The summed E-state index contributed by atoms with van der Waals surface area (Å²) in [5, 5.41) is 0. The predicted octanol–water partition coefficient (Wildman–Crippen LogP) is 7.47. The molecule has 157 valence electrons. The van der Waals surface area contributed by atoms with Crippen molar-refractivity contribution >= 4 is 12.5 Å². The van der Waals surface area contributed by atoms with E-state index in [1.807, 2.05) is 0 Å². The molecule has 0 fully saturated rings. The van der Waals surface area contributed by atoms with E-state index in [2.05, 4.69) is 112 Å². The monoisotopic (exact) mass is 507 g/mol. The molecule has 0 heterocycles. The van der Waals surface area contributed by atoms with Crippen molar-refractivity contribution in [2.24, 2.45) is 0 Å². The first-order valence-electron chi connectivity index (χ1n) is 11.8. The molecule has 0 radical (unpaired) electrons. The molecule has 0 aromatic heterocycles. The van der Waals surface area contributed by atoms with Gasteiger partial charge in [-0.05, 0) is 0 Å². The van der Waals surface area contributed by atoms with E-state index in [0.29, 0.717) is 11.8 Å². The van der Waals surface area contributed by atoms with Crippen LogP contribution in [0.5, 0.6) is 0 Å². The zero-order valence-electron chi connectivity index (χ0n) is 19.3. The first kappa shape index (κ1) is 20.6. The summed E-state index contributed by atoms with van der Waals surface area (Å²) >= 11 is -2.17. The van der Waals surface area contributed by atoms with Crippen LogP contribution in [-0.4, -0.2) is 5.92 Å². The minimum absolute atomic E-state index is 0.454. The van der Waals surface area contributed by atoms with E-state index in [0.717, 1.165) is 0 Å². The molecule has 4 aliphatic carbocycles. The molecule has 0 saturated carbocycles. The molecule has 0 spiro atoms. The molecule has 0 aliphatic heterocycles. The third kappa shape index (κ3) is 3.03. The summed E-state index contributed by atoms with van der Waals surface area (Å²) < 4.78 is 3.61. The summed E-state index contributed by atoms with van der Waals surface area (Å²) in [6.07, 6.45) is 18.8. The normalized spacial score (nSPS) is 21.9. The molecule has 2 aromatic rings. The Morgan fingerprint density at radius 2 is 1.12 bits per heavy atom. The number of benzene rings is 2. The maximum absolute atomic E-state index is 2.63. The van der Waals surface area contributed by atoms with Crippen LogP contribution >= 0.6 is 0 Å². The molecule has 2 atom stereocenters. The van der Waals surface area contributed by atoms with Crippen LogP contribution < -0.4 is 0 Å². The molecular weight excluding hydrogens is 480 g/mol. The number of hydrogen-bond donors (Lipinski definition) is 0. The Bertz CT molecular complexity index is 1230. The Morgan fingerprint density at radius 1 is 0.656 bits per heavy atom. The molecule has 0 amide bonds. The van der Waals surface area contributed by atoms with Gasteiger partial charge >= 0.3 is 202 Å². The van der Waals surface area contributed by atoms with Crippen molar-refractivity contribution in [1.82, 2.24) is 0 Å². The standard InChI is InChI=1S/2C14H11.C2H7Si.Zr/c2*1-10-6-7-14-12(8-10)9-11-4-2-3-5-13(11)14;1-3-2;/h2*2-8,13H,1H3;3H,1-2H3;. The van der Waals surface area contributed by atoms with Crippen molar-refractivity contribution in [3.63, 3.8) is 0 Å². The van der Waals surface area contributed by atoms with Crippen LogP contribution in [0, 0.1) is 13.8 Å². The van der Waals surface area contributed by atoms with E-state index >= 15 is 0 Å². The molecular formula is C30H29SiZr. The number of fused-ring (bicyclic) bond motifs is 6. The molecule has 4 aliphatic rings. The van der Waals surface area contributed by atoms with Gasteiger partial charge in [0.25, 0.3) is 0 Å². The van der Waals surface area contributed by atoms with Crippen LogP contribution in [-0.2, 0) is 20.9 Å². The van der Waals surface area contributed by atoms with Crippen LogP contribution in [0.3, 0.4) is 0 Å². The fourth-order valence-corrected chi connectivity index (χ4v) is 25.3. The van der Waals surface area contributed by atoms with Gasteiger partial charge in [0.1, 0.15) is 0 Å². The van der Waals surface area contributed by atoms with E-state index in [9.17, 15) is 0 Å². The molecule has 2 heteroatoms. The van der Waals surface area contributed by atoms with Crippen molar-refractivity contribution in [3.8, 4) is 0 Å². The molecule has 2 unspecified atom stereocenters. The number of rotatable bonds is 3. The van der Waals surface area contributed by atoms with E-state index in [-0.39, 0.29) is 0 Å². The van der Waals surface area contributed by atoms with Gasteiger partial charge < -0.3 is 0 Å². The van der Waals surface area contributed by atoms with Gasteiger partial charge in [0.15, 0.2) is 0 Å². The SMILES string of the molecule is Cc1ccc2c(c1)[C]([Zr]([C]1=C3C=CC=CC3c3ccc(C)cc31)[SiH](C)C)=C1C=CC=CC12. The molecule has 6 rings (SSSR count). The van der Waals surface area contributed by atoms with Gasteiger partial charge in [-0.15, -0.1) is 0 Å². The van der Waals surface area contributed by atoms with E-state index in [1.165, 1.54) is 22.3 Å². The van der Waals surface area contributed by atoms with Gasteiger partial charge in [-0.1, -0.05) is 0 Å². The minimum atomic E-state index is -2.17. The van der Waals surface area contributed by atoms with E-state index in [1.54, 1.807) is 28.8 Å².